The standard InChI is InChI=1S/C18H25N3O6/c1-12-5-8-20(9-6-12)17(23)13(2)27-18(24)15-11-14(21(25)26)3-4-16(15)19-7-10-22/h3-4,11-13,19,22H,5-10H2,1-2H3/t13-/m1/s1. The highest BCUT2D eigenvalue weighted by Crippen LogP contribution is 2.24. The van der Waals surface area contributed by atoms with Crippen molar-refractivity contribution in [3.63, 3.8) is 0 Å². The number of nitro groups is 1. The predicted molar refractivity (Wildman–Crippen MR) is 98.5 cm³/mol. The minimum Gasteiger partial charge on any atom is -0.449 e. The van der Waals surface area contributed by atoms with Gasteiger partial charge >= 0.3 is 5.97 Å². The lowest BCUT2D eigenvalue weighted by Gasteiger charge is -2.31. The molecule has 0 saturated carbocycles. The topological polar surface area (TPSA) is 122 Å². The average Bonchev–Trinajstić information content (AvgIpc) is 2.66. The summed E-state index contributed by atoms with van der Waals surface area (Å²) >= 11 is 0. The number of anilines is 1. The number of nitrogens with zero attached hydrogens (tertiary/aromatic N) is 2. The van der Waals surface area contributed by atoms with Gasteiger partial charge in [-0.15, -0.1) is 0 Å². The molecule has 1 aromatic carbocycles. The number of nitrogens with one attached hydrogen (secondary N) is 1. The van der Waals surface area contributed by atoms with E-state index < -0.39 is 17.0 Å². The first kappa shape index (κ1) is 20.6. The smallest absolute Gasteiger partial charge is 0.341 e. The molecule has 1 fully saturated rings. The molecule has 0 aromatic heterocycles. The van der Waals surface area contributed by atoms with Crippen LogP contribution in [0, 0.1) is 16.0 Å². The number of aliphatic hydroxyl groups is 1. The molecule has 2 rings (SSSR count). The number of benzene rings is 1. The number of rotatable bonds is 7. The number of hydrogen-bond acceptors (Lipinski definition) is 7. The van der Waals surface area contributed by atoms with Gasteiger partial charge in [0, 0.05) is 37.5 Å². The Hall–Kier alpha value is -2.68. The maximum absolute atomic E-state index is 12.5. The fourth-order valence-corrected chi connectivity index (χ4v) is 2.92. The highest BCUT2D eigenvalue weighted by molar-refractivity contribution is 5.98. The monoisotopic (exact) mass is 379 g/mol. The zero-order valence-corrected chi connectivity index (χ0v) is 15.5. The fourth-order valence-electron chi connectivity index (χ4n) is 2.92. The highest BCUT2D eigenvalue weighted by Gasteiger charge is 2.28. The third-order valence-electron chi connectivity index (χ3n) is 4.59. The normalized spacial score (nSPS) is 15.9. The van der Waals surface area contributed by atoms with E-state index >= 15 is 0 Å². The fraction of sp³-hybridized carbons (Fsp3) is 0.556. The second-order valence-electron chi connectivity index (χ2n) is 6.69. The van der Waals surface area contributed by atoms with Crippen LogP contribution in [0.15, 0.2) is 18.2 Å². The predicted octanol–water partition coefficient (Wildman–Crippen LogP) is 1.80. The van der Waals surface area contributed by atoms with Crippen LogP contribution in [-0.2, 0) is 9.53 Å². The van der Waals surface area contributed by atoms with Crippen LogP contribution in [-0.4, -0.2) is 59.2 Å². The molecule has 1 aromatic rings. The number of aliphatic hydroxyl groups excluding tert-OH is 1. The van der Waals surface area contributed by atoms with E-state index in [9.17, 15) is 19.7 Å². The Morgan fingerprint density at radius 3 is 2.67 bits per heavy atom. The minimum absolute atomic E-state index is 0.0513. The Kier molecular flexibility index (Phi) is 7.12. The van der Waals surface area contributed by atoms with Crippen molar-refractivity contribution in [1.82, 2.24) is 4.90 Å². The third-order valence-corrected chi connectivity index (χ3v) is 4.59. The van der Waals surface area contributed by atoms with Crippen molar-refractivity contribution in [2.24, 2.45) is 5.92 Å². The summed E-state index contributed by atoms with van der Waals surface area (Å²) in [5, 5.41) is 22.8. The molecule has 9 nitrogen and oxygen atoms in total. The van der Waals surface area contributed by atoms with E-state index in [4.69, 9.17) is 9.84 Å². The second-order valence-corrected chi connectivity index (χ2v) is 6.69. The molecule has 9 heteroatoms. The van der Waals surface area contributed by atoms with Crippen molar-refractivity contribution in [3.05, 3.63) is 33.9 Å². The van der Waals surface area contributed by atoms with Gasteiger partial charge in [0.2, 0.25) is 0 Å². The van der Waals surface area contributed by atoms with Crippen LogP contribution in [0.1, 0.15) is 37.0 Å². The second kappa shape index (κ2) is 9.31. The SMILES string of the molecule is CC1CCN(C(=O)[C@@H](C)OC(=O)c2cc([N+](=O)[O-])ccc2NCCO)CC1. The third kappa shape index (κ3) is 5.40. The van der Waals surface area contributed by atoms with Gasteiger partial charge in [-0.2, -0.15) is 0 Å². The van der Waals surface area contributed by atoms with Gasteiger partial charge in [0.25, 0.3) is 11.6 Å². The van der Waals surface area contributed by atoms with Gasteiger partial charge < -0.3 is 20.1 Å². The molecular formula is C18H25N3O6. The molecule has 0 unspecified atom stereocenters. The molecule has 0 aliphatic carbocycles. The van der Waals surface area contributed by atoms with Crippen molar-refractivity contribution in [2.45, 2.75) is 32.8 Å². The van der Waals surface area contributed by atoms with Crippen molar-refractivity contribution in [1.29, 1.82) is 0 Å². The number of piperidine rings is 1. The van der Waals surface area contributed by atoms with E-state index in [1.54, 1.807) is 4.90 Å². The van der Waals surface area contributed by atoms with Gasteiger partial charge in [-0.1, -0.05) is 6.92 Å². The zero-order valence-electron chi connectivity index (χ0n) is 15.5. The lowest BCUT2D eigenvalue weighted by Crippen LogP contribution is -2.44. The molecule has 1 atom stereocenters. The first-order valence-corrected chi connectivity index (χ1v) is 8.96. The van der Waals surface area contributed by atoms with Crippen LogP contribution >= 0.6 is 0 Å². The number of carbonyl (C=O) groups excluding carboxylic acids is 2. The number of hydrogen-bond donors (Lipinski definition) is 2. The molecule has 1 aliphatic rings. The summed E-state index contributed by atoms with van der Waals surface area (Å²) in [7, 11) is 0. The Bertz CT molecular complexity index is 700. The van der Waals surface area contributed by atoms with Crippen LogP contribution < -0.4 is 5.32 Å². The Balaban J connectivity index is 2.11. The van der Waals surface area contributed by atoms with E-state index in [0.29, 0.717) is 24.7 Å². The zero-order chi connectivity index (χ0) is 20.0. The highest BCUT2D eigenvalue weighted by atomic mass is 16.6. The molecule has 1 heterocycles. The lowest BCUT2D eigenvalue weighted by atomic mass is 9.99. The largest absolute Gasteiger partial charge is 0.449 e. The van der Waals surface area contributed by atoms with Gasteiger partial charge in [-0.05, 0) is 31.7 Å². The lowest BCUT2D eigenvalue weighted by molar-refractivity contribution is -0.384. The number of nitro benzene ring substituents is 1. The van der Waals surface area contributed by atoms with E-state index in [2.05, 4.69) is 12.2 Å². The molecule has 0 radical (unpaired) electrons. The molecule has 0 spiro atoms. The number of non-ortho nitro benzene ring substituents is 1. The van der Waals surface area contributed by atoms with Gasteiger partial charge in [0.15, 0.2) is 6.10 Å². The Morgan fingerprint density at radius 1 is 1.41 bits per heavy atom. The summed E-state index contributed by atoms with van der Waals surface area (Å²) in [5.74, 6) is -0.534. The van der Waals surface area contributed by atoms with Gasteiger partial charge in [0.05, 0.1) is 17.1 Å². The molecular weight excluding hydrogens is 354 g/mol. The van der Waals surface area contributed by atoms with Crippen molar-refractivity contribution in [2.75, 3.05) is 31.6 Å². The van der Waals surface area contributed by atoms with Crippen molar-refractivity contribution < 1.29 is 24.4 Å². The maximum Gasteiger partial charge on any atom is 0.341 e. The van der Waals surface area contributed by atoms with Crippen molar-refractivity contribution in [3.8, 4) is 0 Å². The summed E-state index contributed by atoms with van der Waals surface area (Å²) in [6, 6.07) is 3.73. The van der Waals surface area contributed by atoms with E-state index in [1.165, 1.54) is 19.1 Å². The Morgan fingerprint density at radius 2 is 2.07 bits per heavy atom. The van der Waals surface area contributed by atoms with E-state index in [0.717, 1.165) is 18.9 Å². The first-order chi connectivity index (χ1) is 12.8. The molecule has 1 aliphatic heterocycles. The van der Waals surface area contributed by atoms with Crippen LogP contribution in [0.2, 0.25) is 0 Å². The molecule has 27 heavy (non-hydrogen) atoms. The van der Waals surface area contributed by atoms with Gasteiger partial charge in [-0.25, -0.2) is 4.79 Å². The van der Waals surface area contributed by atoms with Crippen LogP contribution in [0.5, 0.6) is 0 Å². The minimum atomic E-state index is -0.990. The number of amides is 1. The van der Waals surface area contributed by atoms with E-state index in [1.807, 2.05) is 0 Å². The summed E-state index contributed by atoms with van der Waals surface area (Å²) in [6.45, 7) is 4.88. The molecule has 2 N–H and O–H groups in total. The van der Waals surface area contributed by atoms with E-state index in [-0.39, 0.29) is 30.3 Å². The molecule has 1 saturated heterocycles. The average molecular weight is 379 g/mol. The van der Waals surface area contributed by atoms with Gasteiger partial charge in [-0.3, -0.25) is 14.9 Å². The quantitative estimate of drug-likeness (QED) is 0.421. The van der Waals surface area contributed by atoms with Crippen molar-refractivity contribution >= 4 is 23.3 Å². The number of likely N-dealkylation sites (tertiary alicyclic amines) is 1. The first-order valence-electron chi connectivity index (χ1n) is 8.96. The molecule has 1 amide bonds. The summed E-state index contributed by atoms with van der Waals surface area (Å²) < 4.78 is 5.28. The molecule has 0 bridgehead atoms. The maximum atomic E-state index is 12.5. The van der Waals surface area contributed by atoms with Crippen LogP contribution in [0.4, 0.5) is 11.4 Å². The number of carbonyl (C=O) groups is 2. The van der Waals surface area contributed by atoms with Gasteiger partial charge in [0.1, 0.15) is 0 Å². The van der Waals surface area contributed by atoms with Crippen LogP contribution in [0.25, 0.3) is 0 Å². The number of esters is 1. The summed E-state index contributed by atoms with van der Waals surface area (Å²) in [6.07, 6.45) is 0.829. The summed E-state index contributed by atoms with van der Waals surface area (Å²) in [5.41, 5.74) is -0.0174. The van der Waals surface area contributed by atoms with Crippen LogP contribution in [0.3, 0.4) is 0 Å². The Labute approximate surface area is 157 Å². The number of ether oxygens (including phenoxy) is 1. The molecule has 148 valence electrons. The summed E-state index contributed by atoms with van der Waals surface area (Å²) in [4.78, 5) is 37.1.